The van der Waals surface area contributed by atoms with E-state index in [0.29, 0.717) is 16.9 Å². The summed E-state index contributed by atoms with van der Waals surface area (Å²) in [5.41, 5.74) is 1.41. The minimum absolute atomic E-state index is 0.0778. The summed E-state index contributed by atoms with van der Waals surface area (Å²) in [6.07, 6.45) is 1.46. The molecule has 0 aliphatic heterocycles. The van der Waals surface area contributed by atoms with Crippen molar-refractivity contribution in [3.05, 3.63) is 68.1 Å². The predicted molar refractivity (Wildman–Crippen MR) is 120 cm³/mol. The molecule has 0 heterocycles. The zero-order chi connectivity index (χ0) is 22.1. The summed E-state index contributed by atoms with van der Waals surface area (Å²) < 4.78 is 11.4. The number of amides is 1. The third-order valence-electron chi connectivity index (χ3n) is 3.73. The van der Waals surface area contributed by atoms with Crippen molar-refractivity contribution in [1.82, 2.24) is 5.32 Å². The summed E-state index contributed by atoms with van der Waals surface area (Å²) in [7, 11) is 2.88. The molecule has 6 nitrogen and oxygen atoms in total. The van der Waals surface area contributed by atoms with E-state index in [-0.39, 0.29) is 45.1 Å². The van der Waals surface area contributed by atoms with Gasteiger partial charge in [-0.15, -0.1) is 0 Å². The molecule has 2 rings (SSSR count). The van der Waals surface area contributed by atoms with Crippen molar-refractivity contribution >= 4 is 58.0 Å². The van der Waals surface area contributed by atoms with Crippen molar-refractivity contribution in [1.29, 1.82) is 0 Å². The first-order chi connectivity index (χ1) is 14.4. The Morgan fingerprint density at radius 2 is 1.80 bits per heavy atom. The van der Waals surface area contributed by atoms with Crippen LogP contribution in [0.4, 0.5) is 0 Å². The van der Waals surface area contributed by atoms with E-state index in [4.69, 9.17) is 60.7 Å². The topological polar surface area (TPSA) is 69.2 Å². The fourth-order valence-corrected chi connectivity index (χ4v) is 3.11. The van der Waals surface area contributed by atoms with Crippen molar-refractivity contribution in [3.63, 3.8) is 0 Å². The monoisotopic (exact) mass is 490 g/mol. The number of hydrogen-bond acceptors (Lipinski definition) is 5. The van der Waals surface area contributed by atoms with Crippen molar-refractivity contribution in [2.45, 2.75) is 6.61 Å². The maximum atomic E-state index is 12.2. The fraction of sp³-hybridized carbons (Fsp3) is 0.200. The first-order valence-electron chi connectivity index (χ1n) is 8.54. The first-order valence-corrected chi connectivity index (χ1v) is 10.1. The van der Waals surface area contributed by atoms with Crippen LogP contribution in [0.1, 0.15) is 11.1 Å². The minimum Gasteiger partial charge on any atom is -0.489 e. The molecule has 10 heteroatoms. The molecule has 1 N–H and O–H groups in total. The van der Waals surface area contributed by atoms with Crippen LogP contribution < -0.4 is 14.8 Å². The molecule has 0 radical (unpaired) electrons. The van der Waals surface area contributed by atoms with Crippen molar-refractivity contribution in [2.24, 2.45) is 5.16 Å². The Morgan fingerprint density at radius 1 is 1.13 bits per heavy atom. The summed E-state index contributed by atoms with van der Waals surface area (Å²) in [6, 6.07) is 10.3. The largest absolute Gasteiger partial charge is 0.489 e. The molecule has 0 aliphatic carbocycles. The van der Waals surface area contributed by atoms with Gasteiger partial charge in [0.05, 0.1) is 10.0 Å². The van der Waals surface area contributed by atoms with Gasteiger partial charge in [0.2, 0.25) is 0 Å². The summed E-state index contributed by atoms with van der Waals surface area (Å²) in [6.45, 7) is 0.240. The average molecular weight is 492 g/mol. The second kappa shape index (κ2) is 11.9. The number of likely N-dealkylation sites (N-methyl/N-ethyl adjacent to an activating group) is 1. The van der Waals surface area contributed by atoms with E-state index in [1.165, 1.54) is 20.2 Å². The van der Waals surface area contributed by atoms with Crippen molar-refractivity contribution in [2.75, 3.05) is 20.8 Å². The van der Waals surface area contributed by atoms with Gasteiger partial charge in [0.15, 0.2) is 11.5 Å². The zero-order valence-corrected chi connectivity index (χ0v) is 19.1. The number of nitrogens with one attached hydrogen (secondary N) is 1. The van der Waals surface area contributed by atoms with Crippen molar-refractivity contribution in [3.8, 4) is 11.5 Å². The molecule has 0 atom stereocenters. The molecule has 2 aromatic carbocycles. The maximum Gasteiger partial charge on any atom is 0.273 e. The summed E-state index contributed by atoms with van der Waals surface area (Å²) >= 11 is 23.6. The number of oxime groups is 1. The van der Waals surface area contributed by atoms with Gasteiger partial charge in [-0.3, -0.25) is 4.79 Å². The lowest BCUT2D eigenvalue weighted by Gasteiger charge is -2.14. The van der Waals surface area contributed by atoms with E-state index in [1.807, 2.05) is 12.1 Å². The van der Waals surface area contributed by atoms with Gasteiger partial charge in [-0.05, 0) is 11.6 Å². The van der Waals surface area contributed by atoms with Crippen LogP contribution in [0.15, 0.2) is 52.1 Å². The Morgan fingerprint density at radius 3 is 2.40 bits per heavy atom. The highest BCUT2D eigenvalue weighted by molar-refractivity contribution is 6.55. The van der Waals surface area contributed by atoms with Crippen LogP contribution in [-0.2, 0) is 16.2 Å². The highest BCUT2D eigenvalue weighted by Gasteiger charge is 2.18. The number of carbonyl (C=O) groups excluding carboxylic acids is 1. The Labute approximate surface area is 194 Å². The molecule has 0 aliphatic rings. The Hall–Kier alpha value is -2.12. The molecule has 0 bridgehead atoms. The number of nitrogens with zero attached hydrogens (tertiary/aromatic N) is 1. The number of halogens is 4. The van der Waals surface area contributed by atoms with Crippen LogP contribution in [0.2, 0.25) is 10.0 Å². The van der Waals surface area contributed by atoms with E-state index in [2.05, 4.69) is 10.5 Å². The van der Waals surface area contributed by atoms with Crippen LogP contribution in [0.5, 0.6) is 11.5 Å². The molecule has 0 aromatic heterocycles. The third kappa shape index (κ3) is 6.71. The van der Waals surface area contributed by atoms with E-state index in [1.54, 1.807) is 24.3 Å². The van der Waals surface area contributed by atoms with Gasteiger partial charge in [0.1, 0.15) is 30.6 Å². The normalized spacial score (nSPS) is 10.9. The molecule has 0 saturated carbocycles. The molecule has 1 amide bonds. The van der Waals surface area contributed by atoms with Gasteiger partial charge in [0.25, 0.3) is 5.91 Å². The van der Waals surface area contributed by atoms with E-state index < -0.39 is 0 Å². The second-order valence-electron chi connectivity index (χ2n) is 5.67. The fourth-order valence-electron chi connectivity index (χ4n) is 2.41. The number of benzene rings is 2. The second-order valence-corrected chi connectivity index (χ2v) is 7.49. The average Bonchev–Trinajstić information content (AvgIpc) is 2.72. The lowest BCUT2D eigenvalue weighted by molar-refractivity contribution is -0.114. The molecule has 0 unspecified atom stereocenters. The van der Waals surface area contributed by atoms with Crippen molar-refractivity contribution < 1.29 is 19.1 Å². The van der Waals surface area contributed by atoms with Crippen LogP contribution in [-0.4, -0.2) is 32.4 Å². The molecule has 160 valence electrons. The lowest BCUT2D eigenvalue weighted by atomic mass is 10.0. The van der Waals surface area contributed by atoms with E-state index >= 15 is 0 Å². The standard InChI is InChI=1S/C20H18Cl4N2O4/c1-25-20(27)18(26-28-2)14-6-4-3-5-12(14)11-30-13-9-15(21)19(16(22)10-13)29-8-7-17(23)24/h3-7,9-10H,8,11H2,1-2H3,(H,25,27). The Kier molecular flexibility index (Phi) is 9.59. The molecule has 0 saturated heterocycles. The van der Waals surface area contributed by atoms with Gasteiger partial charge in [-0.1, -0.05) is 75.8 Å². The SMILES string of the molecule is CNC(=O)C(=NOC)c1ccccc1COc1cc(Cl)c(OCC=C(Cl)Cl)c(Cl)c1. The Bertz CT molecular complexity index is 937. The van der Waals surface area contributed by atoms with E-state index in [0.717, 1.165) is 0 Å². The Balaban J connectivity index is 2.21. The smallest absolute Gasteiger partial charge is 0.273 e. The van der Waals surface area contributed by atoms with Gasteiger partial charge in [-0.2, -0.15) is 0 Å². The molecular formula is C20H18Cl4N2O4. The van der Waals surface area contributed by atoms with E-state index in [9.17, 15) is 4.79 Å². The zero-order valence-electron chi connectivity index (χ0n) is 16.0. The summed E-state index contributed by atoms with van der Waals surface area (Å²) in [4.78, 5) is 17.0. The number of carbonyl (C=O) groups is 1. The number of ether oxygens (including phenoxy) is 2. The maximum absolute atomic E-state index is 12.2. The van der Waals surface area contributed by atoms with Crippen LogP contribution in [0.25, 0.3) is 0 Å². The summed E-state index contributed by atoms with van der Waals surface area (Å²) in [5, 5.41) is 6.88. The first kappa shape index (κ1) is 24.2. The number of rotatable bonds is 9. The van der Waals surface area contributed by atoms with Gasteiger partial charge in [-0.25, -0.2) is 0 Å². The molecule has 0 spiro atoms. The third-order valence-corrected chi connectivity index (χ3v) is 4.60. The summed E-state index contributed by atoms with van der Waals surface area (Å²) in [5.74, 6) is 0.317. The molecular weight excluding hydrogens is 474 g/mol. The highest BCUT2D eigenvalue weighted by Crippen LogP contribution is 2.37. The van der Waals surface area contributed by atoms with Gasteiger partial charge in [0, 0.05) is 24.7 Å². The lowest BCUT2D eigenvalue weighted by Crippen LogP contribution is -2.29. The number of hydrogen-bond donors (Lipinski definition) is 1. The molecule has 2 aromatic rings. The van der Waals surface area contributed by atoms with Gasteiger partial charge >= 0.3 is 0 Å². The van der Waals surface area contributed by atoms with Crippen LogP contribution in [0.3, 0.4) is 0 Å². The predicted octanol–water partition coefficient (Wildman–Crippen LogP) is 5.37. The molecule has 30 heavy (non-hydrogen) atoms. The quantitative estimate of drug-likeness (QED) is 0.378. The van der Waals surface area contributed by atoms with Crippen LogP contribution in [0, 0.1) is 0 Å². The minimum atomic E-state index is -0.386. The molecule has 0 fully saturated rings. The van der Waals surface area contributed by atoms with Crippen LogP contribution >= 0.6 is 46.4 Å². The van der Waals surface area contributed by atoms with Gasteiger partial charge < -0.3 is 19.6 Å². The highest BCUT2D eigenvalue weighted by atomic mass is 35.5.